The molecule has 0 fully saturated rings. The Morgan fingerprint density at radius 1 is 1.23 bits per heavy atom. The first-order valence-electron chi connectivity index (χ1n) is 8.18. The lowest BCUT2D eigenvalue weighted by molar-refractivity contribution is -0.155. The predicted octanol–water partition coefficient (Wildman–Crippen LogP) is 5.41. The number of fused-ring (bicyclic) bond motifs is 1. The van der Waals surface area contributed by atoms with Gasteiger partial charge < -0.3 is 14.4 Å². The third-order valence-electron chi connectivity index (χ3n) is 3.09. The Kier molecular flexibility index (Phi) is 7.72. The number of nitrogens with zero attached hydrogens (tertiary/aromatic N) is 1. The van der Waals surface area contributed by atoms with Gasteiger partial charge in [-0.2, -0.15) is 0 Å². The molecule has 26 heavy (non-hydrogen) atoms. The molecule has 0 aliphatic heterocycles. The van der Waals surface area contributed by atoms with Gasteiger partial charge in [0.05, 0.1) is 15.6 Å². The molecule has 1 heterocycles. The summed E-state index contributed by atoms with van der Waals surface area (Å²) < 4.78 is 6.93. The molecule has 1 aromatic heterocycles. The van der Waals surface area contributed by atoms with Crippen LogP contribution in [0.25, 0.3) is 17.0 Å². The van der Waals surface area contributed by atoms with Gasteiger partial charge in [-0.15, -0.1) is 0 Å². The van der Waals surface area contributed by atoms with Crippen LogP contribution >= 0.6 is 23.2 Å². The van der Waals surface area contributed by atoms with Crippen molar-refractivity contribution in [1.29, 1.82) is 0 Å². The van der Waals surface area contributed by atoms with E-state index in [0.29, 0.717) is 21.3 Å². The molecule has 0 aliphatic carbocycles. The van der Waals surface area contributed by atoms with Crippen LogP contribution in [-0.4, -0.2) is 27.2 Å². The van der Waals surface area contributed by atoms with Crippen LogP contribution in [0.1, 0.15) is 40.3 Å². The van der Waals surface area contributed by atoms with Crippen LogP contribution in [-0.2, 0) is 20.9 Å². The van der Waals surface area contributed by atoms with Crippen molar-refractivity contribution < 1.29 is 19.4 Å². The molecular weight excluding hydrogens is 377 g/mol. The molecule has 0 bridgehead atoms. The molecule has 0 unspecified atom stereocenters. The summed E-state index contributed by atoms with van der Waals surface area (Å²) in [5.41, 5.74) is 0.445. The molecule has 1 N–H and O–H groups in total. The maximum atomic E-state index is 12.2. The van der Waals surface area contributed by atoms with Gasteiger partial charge in [-0.25, -0.2) is 4.79 Å². The lowest BCUT2D eigenvalue weighted by Gasteiger charge is -2.20. The highest BCUT2D eigenvalue weighted by molar-refractivity contribution is 6.45. The van der Waals surface area contributed by atoms with E-state index in [1.807, 2.05) is 13.8 Å². The largest absolute Gasteiger partial charge is 0.478 e. The zero-order valence-electron chi connectivity index (χ0n) is 15.5. The number of aliphatic carboxylic acids is 1. The van der Waals surface area contributed by atoms with Gasteiger partial charge >= 0.3 is 11.9 Å². The Hall–Kier alpha value is -1.98. The van der Waals surface area contributed by atoms with E-state index in [0.717, 1.165) is 11.5 Å². The van der Waals surface area contributed by atoms with Crippen LogP contribution in [0.4, 0.5) is 0 Å². The van der Waals surface area contributed by atoms with E-state index in [1.165, 1.54) is 6.08 Å². The smallest absolute Gasteiger partial charge is 0.328 e. The normalized spacial score (nSPS) is 11.3. The van der Waals surface area contributed by atoms with Gasteiger partial charge in [-0.05, 0) is 39.0 Å². The minimum Gasteiger partial charge on any atom is -0.478 e. The van der Waals surface area contributed by atoms with Gasteiger partial charge in [0.2, 0.25) is 0 Å². The minimum absolute atomic E-state index is 0.111. The average Bonchev–Trinajstić information content (AvgIpc) is 2.87. The lowest BCUT2D eigenvalue weighted by Crippen LogP contribution is -2.26. The van der Waals surface area contributed by atoms with Crippen molar-refractivity contribution >= 4 is 52.1 Å². The lowest BCUT2D eigenvalue weighted by atomic mass is 10.2. The third kappa shape index (κ3) is 5.78. The van der Waals surface area contributed by atoms with E-state index >= 15 is 0 Å². The van der Waals surface area contributed by atoms with Crippen molar-refractivity contribution in [2.75, 3.05) is 0 Å². The number of halogens is 2. The Bertz CT molecular complexity index is 832. The molecule has 0 saturated carbocycles. The fourth-order valence-corrected chi connectivity index (χ4v) is 2.71. The standard InChI is InChI=1S/C17H17Cl2NO4.C2H6/c1-17(2,3)24-14(23)9-20-11(5-7-13(21)22)8-10-4-6-12(18)15(19)16(10)20;1-2/h4-8H,9H2,1-3H3,(H,21,22);1-2H3/b7-5+;. The molecule has 2 rings (SSSR count). The van der Waals surface area contributed by atoms with Gasteiger partial charge in [-0.3, -0.25) is 4.79 Å². The summed E-state index contributed by atoms with van der Waals surface area (Å²) in [6.45, 7) is 9.20. The van der Waals surface area contributed by atoms with Crippen LogP contribution < -0.4 is 0 Å². The second-order valence-electron chi connectivity index (χ2n) is 6.21. The highest BCUT2D eigenvalue weighted by atomic mass is 35.5. The van der Waals surface area contributed by atoms with Gasteiger partial charge in [-0.1, -0.05) is 43.1 Å². The number of esters is 1. The summed E-state index contributed by atoms with van der Waals surface area (Å²) in [6, 6.07) is 5.14. The Balaban J connectivity index is 0.00000163. The van der Waals surface area contributed by atoms with Crippen molar-refractivity contribution in [2.45, 2.75) is 46.8 Å². The molecule has 0 amide bonds. The van der Waals surface area contributed by atoms with Crippen molar-refractivity contribution in [2.24, 2.45) is 0 Å². The minimum atomic E-state index is -1.09. The highest BCUT2D eigenvalue weighted by Crippen LogP contribution is 2.33. The van der Waals surface area contributed by atoms with E-state index in [9.17, 15) is 9.59 Å². The van der Waals surface area contributed by atoms with E-state index < -0.39 is 17.5 Å². The summed E-state index contributed by atoms with van der Waals surface area (Å²) >= 11 is 12.3. The van der Waals surface area contributed by atoms with Gasteiger partial charge in [0.1, 0.15) is 12.1 Å². The maximum absolute atomic E-state index is 12.2. The third-order valence-corrected chi connectivity index (χ3v) is 3.88. The Morgan fingerprint density at radius 2 is 1.85 bits per heavy atom. The number of carbonyl (C=O) groups is 2. The monoisotopic (exact) mass is 399 g/mol. The second kappa shape index (κ2) is 9.10. The number of rotatable bonds is 4. The van der Waals surface area contributed by atoms with Crippen LogP contribution in [0.15, 0.2) is 24.3 Å². The second-order valence-corrected chi connectivity index (χ2v) is 7.00. The van der Waals surface area contributed by atoms with Crippen LogP contribution in [0.2, 0.25) is 10.0 Å². The topological polar surface area (TPSA) is 68.5 Å². The van der Waals surface area contributed by atoms with Crippen molar-refractivity contribution in [1.82, 2.24) is 4.57 Å². The van der Waals surface area contributed by atoms with E-state index in [-0.39, 0.29) is 6.54 Å². The first-order chi connectivity index (χ1) is 12.1. The number of carboxylic acids is 1. The summed E-state index contributed by atoms with van der Waals surface area (Å²) in [4.78, 5) is 23.0. The van der Waals surface area contributed by atoms with Crippen LogP contribution in [0, 0.1) is 0 Å². The molecular formula is C19H23Cl2NO4. The maximum Gasteiger partial charge on any atom is 0.328 e. The zero-order valence-corrected chi connectivity index (χ0v) is 17.0. The number of hydrogen-bond acceptors (Lipinski definition) is 3. The quantitative estimate of drug-likeness (QED) is 0.550. The molecule has 1 aromatic carbocycles. The zero-order chi connectivity index (χ0) is 20.1. The van der Waals surface area contributed by atoms with E-state index in [2.05, 4.69) is 0 Å². The molecule has 2 aromatic rings. The SMILES string of the molecule is CC.CC(C)(C)OC(=O)Cn1c(/C=C/C(=O)O)cc2ccc(Cl)c(Cl)c21. The predicted molar refractivity (Wildman–Crippen MR) is 106 cm³/mol. The fraction of sp³-hybridized carbons (Fsp3) is 0.368. The average molecular weight is 400 g/mol. The van der Waals surface area contributed by atoms with Gasteiger partial charge in [0.15, 0.2) is 0 Å². The van der Waals surface area contributed by atoms with E-state index in [1.54, 1.807) is 43.5 Å². The summed E-state index contributed by atoms with van der Waals surface area (Å²) in [5.74, 6) is -1.55. The number of carboxylic acid groups (broad SMARTS) is 1. The Morgan fingerprint density at radius 3 is 2.38 bits per heavy atom. The highest BCUT2D eigenvalue weighted by Gasteiger charge is 2.20. The molecule has 0 spiro atoms. The summed E-state index contributed by atoms with van der Waals surface area (Å²) in [7, 11) is 0. The van der Waals surface area contributed by atoms with Crippen molar-refractivity contribution in [3.05, 3.63) is 40.0 Å². The van der Waals surface area contributed by atoms with Crippen LogP contribution in [0.5, 0.6) is 0 Å². The molecule has 0 atom stereocenters. The Labute approximate surface area is 163 Å². The van der Waals surface area contributed by atoms with E-state index in [4.69, 9.17) is 33.0 Å². The number of carbonyl (C=O) groups excluding carboxylic acids is 1. The molecule has 5 nitrogen and oxygen atoms in total. The molecule has 0 aliphatic rings. The molecule has 142 valence electrons. The number of hydrogen-bond donors (Lipinski definition) is 1. The molecule has 7 heteroatoms. The summed E-state index contributed by atoms with van der Waals surface area (Å²) in [6.07, 6.45) is 2.40. The van der Waals surface area contributed by atoms with Crippen molar-refractivity contribution in [3.8, 4) is 0 Å². The molecule has 0 saturated heterocycles. The molecule has 0 radical (unpaired) electrons. The number of aromatic nitrogens is 1. The summed E-state index contributed by atoms with van der Waals surface area (Å²) in [5, 5.41) is 10.2. The first kappa shape index (κ1) is 22.1. The van der Waals surface area contributed by atoms with Gasteiger partial charge in [0, 0.05) is 17.2 Å². The van der Waals surface area contributed by atoms with Crippen LogP contribution in [0.3, 0.4) is 0 Å². The first-order valence-corrected chi connectivity index (χ1v) is 8.94. The fourth-order valence-electron chi connectivity index (χ4n) is 2.28. The number of benzene rings is 1. The van der Waals surface area contributed by atoms with Gasteiger partial charge in [0.25, 0.3) is 0 Å². The number of ether oxygens (including phenoxy) is 1. The van der Waals surface area contributed by atoms with Crippen molar-refractivity contribution in [3.63, 3.8) is 0 Å².